The molecule has 2 heterocycles. The zero-order valence-corrected chi connectivity index (χ0v) is 15.7. The first-order chi connectivity index (χ1) is 9.35. The molecule has 4 nitrogen and oxygen atoms in total. The van der Waals surface area contributed by atoms with E-state index in [2.05, 4.69) is 68.1 Å². The normalized spacial score (nSPS) is 12.1. The van der Waals surface area contributed by atoms with Crippen LogP contribution in [0.15, 0.2) is 18.1 Å². The molecule has 0 radical (unpaired) electrons. The number of nitrogens with zero attached hydrogens (tertiary/aromatic N) is 2. The minimum atomic E-state index is 0.147. The molecule has 20 heavy (non-hydrogen) atoms. The number of halogens is 2. The molecule has 0 amide bonds. The van der Waals surface area contributed by atoms with Crippen LogP contribution in [0, 0.1) is 0 Å². The summed E-state index contributed by atoms with van der Waals surface area (Å²) in [5.74, 6) is 1.25. The topological polar surface area (TPSA) is 51.0 Å². The first kappa shape index (κ1) is 16.1. The zero-order chi connectivity index (χ0) is 14.8. The van der Waals surface area contributed by atoms with Gasteiger partial charge in [0.05, 0.1) is 13.1 Å². The van der Waals surface area contributed by atoms with Gasteiger partial charge in [0.25, 0.3) is 0 Å². The van der Waals surface area contributed by atoms with Crippen molar-refractivity contribution < 1.29 is 4.42 Å². The van der Waals surface area contributed by atoms with E-state index in [1.165, 1.54) is 0 Å². The fraction of sp³-hybridized carbons (Fsp3) is 0.538. The summed E-state index contributed by atoms with van der Waals surface area (Å²) < 4.78 is 7.73. The lowest BCUT2D eigenvalue weighted by molar-refractivity contribution is 0.412. The molecule has 7 heteroatoms. The number of hydrogen-bond donors (Lipinski definition) is 1. The molecule has 2 aromatic rings. The van der Waals surface area contributed by atoms with E-state index in [0.29, 0.717) is 11.8 Å². The molecule has 0 aromatic carbocycles. The maximum absolute atomic E-state index is 5.70. The van der Waals surface area contributed by atoms with Gasteiger partial charge in [0.2, 0.25) is 11.8 Å². The monoisotopic (exact) mass is 421 g/mol. The average molecular weight is 423 g/mol. The second-order valence-electron chi connectivity index (χ2n) is 5.52. The fourth-order valence-corrected chi connectivity index (χ4v) is 4.43. The summed E-state index contributed by atoms with van der Waals surface area (Å²) in [5.41, 5.74) is 1.09. The predicted octanol–water partition coefficient (Wildman–Crippen LogP) is 4.64. The Morgan fingerprint density at radius 1 is 1.30 bits per heavy atom. The molecule has 0 saturated heterocycles. The number of nitrogens with one attached hydrogen (secondary N) is 1. The molecule has 2 rings (SSSR count). The third-order valence-corrected chi connectivity index (χ3v) is 4.92. The minimum Gasteiger partial charge on any atom is -0.421 e. The van der Waals surface area contributed by atoms with Crippen molar-refractivity contribution in [1.29, 1.82) is 0 Å². The molecule has 110 valence electrons. The van der Waals surface area contributed by atoms with Crippen LogP contribution in [0.1, 0.15) is 33.1 Å². The molecule has 0 spiro atoms. The van der Waals surface area contributed by atoms with Gasteiger partial charge < -0.3 is 9.73 Å². The number of hydrogen-bond acceptors (Lipinski definition) is 5. The molecular formula is C13H17Br2N3OS. The molecule has 0 fully saturated rings. The van der Waals surface area contributed by atoms with Gasteiger partial charge in [0.1, 0.15) is 0 Å². The van der Waals surface area contributed by atoms with Crippen molar-refractivity contribution in [3.8, 4) is 11.5 Å². The lowest BCUT2D eigenvalue weighted by Crippen LogP contribution is -2.36. The summed E-state index contributed by atoms with van der Waals surface area (Å²) >= 11 is 8.54. The largest absolute Gasteiger partial charge is 0.421 e. The average Bonchev–Trinajstić information content (AvgIpc) is 2.90. The quantitative estimate of drug-likeness (QED) is 0.712. The second-order valence-corrected chi connectivity index (χ2v) is 9.27. The summed E-state index contributed by atoms with van der Waals surface area (Å²) in [6, 6.07) is 1.98. The maximum atomic E-state index is 5.70. The van der Waals surface area contributed by atoms with Crippen LogP contribution in [0.4, 0.5) is 0 Å². The highest BCUT2D eigenvalue weighted by Crippen LogP contribution is 2.37. The van der Waals surface area contributed by atoms with Gasteiger partial charge in [-0.3, -0.25) is 0 Å². The van der Waals surface area contributed by atoms with E-state index >= 15 is 0 Å². The van der Waals surface area contributed by atoms with Crippen LogP contribution in [0.3, 0.4) is 0 Å². The van der Waals surface area contributed by atoms with Gasteiger partial charge in [-0.25, -0.2) is 0 Å². The minimum absolute atomic E-state index is 0.147. The van der Waals surface area contributed by atoms with Crippen molar-refractivity contribution in [3.63, 3.8) is 0 Å². The molecule has 0 aliphatic carbocycles. The smallest absolute Gasteiger partial charge is 0.249 e. The van der Waals surface area contributed by atoms with E-state index in [-0.39, 0.29) is 5.54 Å². The van der Waals surface area contributed by atoms with Gasteiger partial charge in [-0.1, -0.05) is 0 Å². The first-order valence-corrected chi connectivity index (χ1v) is 8.78. The molecule has 0 atom stereocenters. The third-order valence-electron chi connectivity index (χ3n) is 2.58. The number of aryl methyl sites for hydroxylation is 1. The lowest BCUT2D eigenvalue weighted by Gasteiger charge is -2.19. The van der Waals surface area contributed by atoms with Crippen LogP contribution in [0.25, 0.3) is 11.5 Å². The molecule has 0 bridgehead atoms. The second kappa shape index (κ2) is 6.68. The summed E-state index contributed by atoms with van der Waals surface area (Å²) in [5, 5.41) is 11.6. The Balaban J connectivity index is 1.91. The molecule has 0 unspecified atom stereocenters. The zero-order valence-electron chi connectivity index (χ0n) is 11.7. The summed E-state index contributed by atoms with van der Waals surface area (Å²) in [7, 11) is 0. The van der Waals surface area contributed by atoms with Gasteiger partial charge in [-0.05, 0) is 71.7 Å². The van der Waals surface area contributed by atoms with E-state index in [0.717, 1.165) is 32.5 Å². The number of thiophene rings is 1. The molecule has 0 aliphatic rings. The van der Waals surface area contributed by atoms with Crippen LogP contribution < -0.4 is 5.32 Å². The molecule has 0 saturated carbocycles. The van der Waals surface area contributed by atoms with Crippen molar-refractivity contribution in [1.82, 2.24) is 15.5 Å². The Morgan fingerprint density at radius 3 is 2.65 bits per heavy atom. The molecule has 1 N–H and O–H groups in total. The van der Waals surface area contributed by atoms with E-state index < -0.39 is 0 Å². The Bertz CT molecular complexity index is 574. The highest BCUT2D eigenvalue weighted by atomic mass is 79.9. The van der Waals surface area contributed by atoms with E-state index in [4.69, 9.17) is 4.42 Å². The van der Waals surface area contributed by atoms with Crippen molar-refractivity contribution in [2.24, 2.45) is 0 Å². The van der Waals surface area contributed by atoms with Crippen LogP contribution in [0.5, 0.6) is 0 Å². The predicted molar refractivity (Wildman–Crippen MR) is 89.1 cm³/mol. The SMILES string of the molecule is CC(C)(C)NCCCc1nnc(-c2cc(Br)sc2Br)o1. The summed E-state index contributed by atoms with van der Waals surface area (Å²) in [6.45, 7) is 7.41. The maximum Gasteiger partial charge on any atom is 0.249 e. The fourth-order valence-electron chi connectivity index (χ4n) is 1.65. The Kier molecular flexibility index (Phi) is 5.39. The van der Waals surface area contributed by atoms with Crippen molar-refractivity contribution >= 4 is 43.2 Å². The van der Waals surface area contributed by atoms with Crippen molar-refractivity contribution in [2.75, 3.05) is 6.54 Å². The lowest BCUT2D eigenvalue weighted by atomic mass is 10.1. The van der Waals surface area contributed by atoms with Crippen LogP contribution in [-0.2, 0) is 6.42 Å². The van der Waals surface area contributed by atoms with Crippen molar-refractivity contribution in [2.45, 2.75) is 39.2 Å². The third kappa shape index (κ3) is 4.65. The Hall–Kier alpha value is -0.240. The summed E-state index contributed by atoms with van der Waals surface area (Å²) in [4.78, 5) is 0. The van der Waals surface area contributed by atoms with E-state index in [1.807, 2.05) is 6.07 Å². The summed E-state index contributed by atoms with van der Waals surface area (Å²) in [6.07, 6.45) is 1.77. The Labute approximate surface area is 139 Å². The van der Waals surface area contributed by atoms with Gasteiger partial charge >= 0.3 is 0 Å². The highest BCUT2D eigenvalue weighted by Gasteiger charge is 2.15. The van der Waals surface area contributed by atoms with Gasteiger partial charge in [0, 0.05) is 12.0 Å². The standard InChI is InChI=1S/C13H17Br2N3OS/c1-13(2,3)16-6-4-5-10-17-18-12(19-10)8-7-9(14)20-11(8)15/h7,16H,4-6H2,1-3H3. The van der Waals surface area contributed by atoms with Gasteiger partial charge in [0.15, 0.2) is 0 Å². The van der Waals surface area contributed by atoms with Crippen LogP contribution in [-0.4, -0.2) is 22.3 Å². The van der Waals surface area contributed by atoms with E-state index in [1.54, 1.807) is 11.3 Å². The van der Waals surface area contributed by atoms with Crippen molar-refractivity contribution in [3.05, 3.63) is 19.5 Å². The molecule has 2 aromatic heterocycles. The molecule has 0 aliphatic heterocycles. The Morgan fingerprint density at radius 2 is 2.05 bits per heavy atom. The first-order valence-electron chi connectivity index (χ1n) is 6.38. The van der Waals surface area contributed by atoms with Gasteiger partial charge in [-0.2, -0.15) is 0 Å². The number of rotatable bonds is 5. The highest BCUT2D eigenvalue weighted by molar-refractivity contribution is 9.12. The number of aromatic nitrogens is 2. The van der Waals surface area contributed by atoms with Crippen LogP contribution >= 0.6 is 43.2 Å². The van der Waals surface area contributed by atoms with E-state index in [9.17, 15) is 0 Å². The molecular weight excluding hydrogens is 406 g/mol. The van der Waals surface area contributed by atoms with Crippen LogP contribution in [0.2, 0.25) is 0 Å². The van der Waals surface area contributed by atoms with Gasteiger partial charge in [-0.15, -0.1) is 21.5 Å².